The van der Waals surface area contributed by atoms with E-state index in [1.165, 1.54) is 0 Å². The number of likely N-dealkylation sites (tertiary alicyclic amines) is 2. The lowest BCUT2D eigenvalue weighted by Crippen LogP contribution is -2.49. The van der Waals surface area contributed by atoms with E-state index < -0.39 is 0 Å². The molecule has 194 valence electrons. The number of ether oxygens (including phenoxy) is 2. The van der Waals surface area contributed by atoms with Crippen LogP contribution in [-0.4, -0.2) is 84.0 Å². The lowest BCUT2D eigenvalue weighted by Gasteiger charge is -2.40. The Morgan fingerprint density at radius 1 is 0.758 bits per heavy atom. The Bertz CT molecular complexity index is 579. The lowest BCUT2D eigenvalue weighted by atomic mass is 9.93. The van der Waals surface area contributed by atoms with Crippen molar-refractivity contribution in [2.45, 2.75) is 124 Å². The van der Waals surface area contributed by atoms with Crippen LogP contribution < -0.4 is 10.6 Å². The molecule has 2 fully saturated rings. The fourth-order valence-corrected chi connectivity index (χ4v) is 4.04. The van der Waals surface area contributed by atoms with Crippen LogP contribution in [-0.2, 0) is 9.47 Å². The third-order valence-electron chi connectivity index (χ3n) is 6.22. The summed E-state index contributed by atoms with van der Waals surface area (Å²) in [6.07, 6.45) is 3.24. The highest BCUT2D eigenvalue weighted by Gasteiger charge is 2.34. The zero-order valence-corrected chi connectivity index (χ0v) is 22.6. The van der Waals surface area contributed by atoms with Gasteiger partial charge in [0.1, 0.15) is 11.7 Å². The standard InChI is InChI=1S/C13H26N2O2.C12H24N2O2/c1-10(2)14-12(16)17-13(5)6-8-15(9-7-13)11(3)4;1-9(2)13-12(15)16-11-5-7-14(8-6-11)10(3)4/h10-11H,6-9H2,1-5H3,(H,14,16);9-11H,5-8H2,1-4H3,(H,13,15). The summed E-state index contributed by atoms with van der Waals surface area (Å²) < 4.78 is 10.9. The van der Waals surface area contributed by atoms with E-state index >= 15 is 0 Å². The number of piperidine rings is 2. The molecule has 0 spiro atoms. The molecular weight excluding hydrogens is 420 g/mol. The molecular formula is C25H50N4O4. The van der Waals surface area contributed by atoms with Gasteiger partial charge in [-0.15, -0.1) is 0 Å². The molecule has 2 rings (SSSR count). The van der Waals surface area contributed by atoms with E-state index in [0.717, 1.165) is 51.9 Å². The highest BCUT2D eigenvalue weighted by Crippen LogP contribution is 2.27. The first-order chi connectivity index (χ1) is 15.3. The maximum atomic E-state index is 11.6. The largest absolute Gasteiger partial charge is 0.446 e. The van der Waals surface area contributed by atoms with Gasteiger partial charge in [0.2, 0.25) is 0 Å². The van der Waals surface area contributed by atoms with Crippen molar-refractivity contribution in [2.24, 2.45) is 0 Å². The minimum absolute atomic E-state index is 0.0914. The van der Waals surface area contributed by atoms with Crippen LogP contribution in [0.3, 0.4) is 0 Å². The Labute approximate surface area is 202 Å². The van der Waals surface area contributed by atoms with E-state index in [2.05, 4.69) is 48.1 Å². The molecule has 0 saturated carbocycles. The highest BCUT2D eigenvalue weighted by atomic mass is 16.6. The van der Waals surface area contributed by atoms with Crippen molar-refractivity contribution in [1.82, 2.24) is 20.4 Å². The van der Waals surface area contributed by atoms with Crippen molar-refractivity contribution in [3.8, 4) is 0 Å². The van der Waals surface area contributed by atoms with Crippen LogP contribution in [0.5, 0.6) is 0 Å². The first-order valence-electron chi connectivity index (χ1n) is 12.8. The second-order valence-corrected chi connectivity index (χ2v) is 10.8. The van der Waals surface area contributed by atoms with Crippen LogP contribution in [0.2, 0.25) is 0 Å². The van der Waals surface area contributed by atoms with Crippen molar-refractivity contribution in [3.05, 3.63) is 0 Å². The molecule has 0 aromatic carbocycles. The van der Waals surface area contributed by atoms with Gasteiger partial charge in [-0.3, -0.25) is 0 Å². The van der Waals surface area contributed by atoms with Crippen LogP contribution in [0, 0.1) is 0 Å². The number of nitrogens with one attached hydrogen (secondary N) is 2. The molecule has 2 heterocycles. The Morgan fingerprint density at radius 3 is 1.61 bits per heavy atom. The van der Waals surface area contributed by atoms with Crippen LogP contribution >= 0.6 is 0 Å². The molecule has 2 N–H and O–H groups in total. The third kappa shape index (κ3) is 11.9. The van der Waals surface area contributed by atoms with E-state index in [4.69, 9.17) is 9.47 Å². The van der Waals surface area contributed by atoms with Gasteiger partial charge in [0.15, 0.2) is 0 Å². The Hall–Kier alpha value is -1.54. The monoisotopic (exact) mass is 470 g/mol. The summed E-state index contributed by atoms with van der Waals surface area (Å²) in [5.74, 6) is 0. The van der Waals surface area contributed by atoms with Gasteiger partial charge in [-0.05, 0) is 88.0 Å². The van der Waals surface area contributed by atoms with Crippen LogP contribution in [0.1, 0.15) is 88.0 Å². The molecule has 2 aliphatic rings. The van der Waals surface area contributed by atoms with Crippen molar-refractivity contribution in [2.75, 3.05) is 26.2 Å². The summed E-state index contributed by atoms with van der Waals surface area (Å²) in [7, 11) is 0. The zero-order valence-electron chi connectivity index (χ0n) is 22.6. The van der Waals surface area contributed by atoms with E-state index in [0.29, 0.717) is 12.1 Å². The van der Waals surface area contributed by atoms with E-state index in [1.807, 2.05) is 34.6 Å². The highest BCUT2D eigenvalue weighted by molar-refractivity contribution is 5.68. The molecule has 33 heavy (non-hydrogen) atoms. The number of nitrogens with zero attached hydrogens (tertiary/aromatic N) is 2. The fraction of sp³-hybridized carbons (Fsp3) is 0.920. The van der Waals surface area contributed by atoms with Crippen molar-refractivity contribution in [3.63, 3.8) is 0 Å². The molecule has 0 unspecified atom stereocenters. The van der Waals surface area contributed by atoms with Gasteiger partial charge in [0.25, 0.3) is 0 Å². The fourth-order valence-electron chi connectivity index (χ4n) is 4.04. The van der Waals surface area contributed by atoms with Crippen molar-refractivity contribution >= 4 is 12.2 Å². The maximum Gasteiger partial charge on any atom is 0.407 e. The summed E-state index contributed by atoms with van der Waals surface area (Å²) in [5.41, 5.74) is -0.301. The quantitative estimate of drug-likeness (QED) is 0.599. The van der Waals surface area contributed by atoms with Gasteiger partial charge in [-0.1, -0.05) is 0 Å². The molecule has 2 aliphatic heterocycles. The van der Waals surface area contributed by atoms with E-state index in [1.54, 1.807) is 0 Å². The third-order valence-corrected chi connectivity index (χ3v) is 6.22. The Morgan fingerprint density at radius 2 is 1.18 bits per heavy atom. The van der Waals surface area contributed by atoms with Crippen molar-refractivity contribution < 1.29 is 19.1 Å². The molecule has 2 saturated heterocycles. The summed E-state index contributed by atoms with van der Waals surface area (Å²) in [4.78, 5) is 27.8. The number of rotatable bonds is 6. The number of alkyl carbamates (subject to hydrolysis) is 2. The summed E-state index contributed by atoms with van der Waals surface area (Å²) >= 11 is 0. The first kappa shape index (κ1) is 29.5. The zero-order chi connectivity index (χ0) is 25.2. The Balaban J connectivity index is 0.000000331. The van der Waals surface area contributed by atoms with Gasteiger partial charge in [-0.2, -0.15) is 0 Å². The van der Waals surface area contributed by atoms with Gasteiger partial charge in [0, 0.05) is 50.3 Å². The lowest BCUT2D eigenvalue weighted by molar-refractivity contribution is -0.0283. The molecule has 0 aromatic rings. The maximum absolute atomic E-state index is 11.6. The molecule has 2 amide bonds. The second kappa shape index (κ2) is 14.0. The SMILES string of the molecule is CC(C)NC(=O)OC1(C)CCN(C(C)C)CC1.CC(C)NC(=O)OC1CCN(C(C)C)CC1. The Kier molecular flexibility index (Phi) is 12.5. The number of hydrogen-bond acceptors (Lipinski definition) is 6. The van der Waals surface area contributed by atoms with Crippen LogP contribution in [0.15, 0.2) is 0 Å². The van der Waals surface area contributed by atoms with Crippen molar-refractivity contribution in [1.29, 1.82) is 0 Å². The molecule has 8 heteroatoms. The molecule has 0 radical (unpaired) electrons. The number of carbonyl (C=O) groups is 2. The average Bonchev–Trinajstić information content (AvgIpc) is 2.67. The minimum atomic E-state index is -0.301. The van der Waals surface area contributed by atoms with E-state index in [9.17, 15) is 9.59 Å². The summed E-state index contributed by atoms with van der Waals surface area (Å²) in [6, 6.07) is 1.43. The summed E-state index contributed by atoms with van der Waals surface area (Å²) in [6.45, 7) is 22.6. The molecule has 0 atom stereocenters. The topological polar surface area (TPSA) is 83.1 Å². The molecule has 0 bridgehead atoms. The number of amides is 2. The first-order valence-corrected chi connectivity index (χ1v) is 12.8. The van der Waals surface area contributed by atoms with Crippen LogP contribution in [0.25, 0.3) is 0 Å². The van der Waals surface area contributed by atoms with Gasteiger partial charge >= 0.3 is 12.2 Å². The molecule has 8 nitrogen and oxygen atoms in total. The van der Waals surface area contributed by atoms with Gasteiger partial charge in [0.05, 0.1) is 0 Å². The average molecular weight is 471 g/mol. The van der Waals surface area contributed by atoms with Gasteiger partial charge in [-0.25, -0.2) is 9.59 Å². The number of carbonyl (C=O) groups excluding carboxylic acids is 2. The van der Waals surface area contributed by atoms with Gasteiger partial charge < -0.3 is 29.9 Å². The predicted molar refractivity (Wildman–Crippen MR) is 134 cm³/mol. The second-order valence-electron chi connectivity index (χ2n) is 10.8. The van der Waals surface area contributed by atoms with E-state index in [-0.39, 0.29) is 36.0 Å². The minimum Gasteiger partial charge on any atom is -0.446 e. The predicted octanol–water partition coefficient (Wildman–Crippen LogP) is 4.38. The molecule has 0 aromatic heterocycles. The number of hydrogen-bond donors (Lipinski definition) is 2. The smallest absolute Gasteiger partial charge is 0.407 e. The molecule has 0 aliphatic carbocycles. The normalized spacial score (nSPS) is 19.9. The van der Waals surface area contributed by atoms with Crippen LogP contribution in [0.4, 0.5) is 9.59 Å². The summed E-state index contributed by atoms with van der Waals surface area (Å²) in [5, 5.41) is 5.52.